The van der Waals surface area contributed by atoms with Gasteiger partial charge in [-0.15, -0.1) is 5.10 Å². The molecule has 0 unspecified atom stereocenters. The summed E-state index contributed by atoms with van der Waals surface area (Å²) in [5, 5.41) is 10.7. The lowest BCUT2D eigenvalue weighted by Gasteiger charge is -2.06. The van der Waals surface area contributed by atoms with E-state index in [1.165, 1.54) is 11.8 Å². The van der Waals surface area contributed by atoms with Gasteiger partial charge in [-0.3, -0.25) is 10.1 Å². The van der Waals surface area contributed by atoms with E-state index in [-0.39, 0.29) is 11.2 Å². The Hall–Kier alpha value is -2.42. The van der Waals surface area contributed by atoms with E-state index in [0.717, 1.165) is 0 Å². The fourth-order valence-electron chi connectivity index (χ4n) is 1.62. The predicted molar refractivity (Wildman–Crippen MR) is 76.0 cm³/mol. The number of amides is 1. The van der Waals surface area contributed by atoms with Crippen molar-refractivity contribution in [2.75, 3.05) is 5.32 Å². The summed E-state index contributed by atoms with van der Waals surface area (Å²) in [6.07, 6.45) is 3.39. The second-order valence-corrected chi connectivity index (χ2v) is 5.65. The predicted octanol–water partition coefficient (Wildman–Crippen LogP) is 1.54. The van der Waals surface area contributed by atoms with Crippen LogP contribution in [0.2, 0.25) is 0 Å². The highest BCUT2D eigenvalue weighted by atomic mass is 32.2. The number of thioether (sulfide) groups is 1. The number of hydrogen-bond acceptors (Lipinski definition) is 7. The quantitative estimate of drug-likeness (QED) is 0.730. The number of fused-ring (bicyclic) bond motifs is 1. The summed E-state index contributed by atoms with van der Waals surface area (Å²) in [5.41, 5.74) is 0.707. The fourth-order valence-corrected chi connectivity index (χ4v) is 2.37. The molecule has 9 heteroatoms. The first-order valence-electron chi connectivity index (χ1n) is 6.20. The van der Waals surface area contributed by atoms with Gasteiger partial charge in [0.1, 0.15) is 0 Å². The highest BCUT2D eigenvalue weighted by molar-refractivity contribution is 8.00. The molecule has 0 radical (unpaired) electrons. The molecule has 0 aliphatic rings. The summed E-state index contributed by atoms with van der Waals surface area (Å²) in [6.45, 7) is 3.55. The van der Waals surface area contributed by atoms with Gasteiger partial charge in [0.15, 0.2) is 0 Å². The first-order valence-corrected chi connectivity index (χ1v) is 7.08. The number of nitrogens with one attached hydrogen (secondary N) is 1. The molecule has 1 amide bonds. The van der Waals surface area contributed by atoms with Crippen LogP contribution in [-0.2, 0) is 4.79 Å². The molecule has 0 aliphatic heterocycles. The number of nitrogens with zero attached hydrogens (tertiary/aromatic N) is 5. The number of carbonyl (C=O) groups is 1. The lowest BCUT2D eigenvalue weighted by atomic mass is 10.4. The van der Waals surface area contributed by atoms with Crippen LogP contribution in [-0.4, -0.2) is 35.9 Å². The lowest BCUT2D eigenvalue weighted by molar-refractivity contribution is -0.115. The molecular weight excluding hydrogens is 292 g/mol. The van der Waals surface area contributed by atoms with Crippen molar-refractivity contribution in [1.29, 1.82) is 0 Å². The van der Waals surface area contributed by atoms with Crippen LogP contribution < -0.4 is 5.32 Å². The summed E-state index contributed by atoms with van der Waals surface area (Å²) in [5.74, 6) is 0.621. The van der Waals surface area contributed by atoms with Gasteiger partial charge >= 0.3 is 0 Å². The summed E-state index contributed by atoms with van der Waals surface area (Å²) < 4.78 is 6.51. The van der Waals surface area contributed by atoms with Gasteiger partial charge < -0.3 is 4.52 Å². The molecule has 21 heavy (non-hydrogen) atoms. The van der Waals surface area contributed by atoms with Crippen LogP contribution in [0.5, 0.6) is 0 Å². The molecule has 3 rings (SSSR count). The van der Waals surface area contributed by atoms with E-state index >= 15 is 0 Å². The van der Waals surface area contributed by atoms with Crippen LogP contribution in [0.15, 0.2) is 34.2 Å². The minimum absolute atomic E-state index is 0.206. The van der Waals surface area contributed by atoms with Crippen molar-refractivity contribution in [1.82, 2.24) is 24.7 Å². The van der Waals surface area contributed by atoms with Crippen LogP contribution in [0, 0.1) is 6.92 Å². The van der Waals surface area contributed by atoms with Crippen LogP contribution in [0.1, 0.15) is 12.6 Å². The maximum Gasteiger partial charge on any atom is 0.253 e. The minimum Gasteiger partial charge on any atom is -0.338 e. The van der Waals surface area contributed by atoms with E-state index in [1.807, 2.05) is 0 Å². The molecule has 108 valence electrons. The third-order valence-corrected chi connectivity index (χ3v) is 3.57. The maximum atomic E-state index is 12.0. The van der Waals surface area contributed by atoms with E-state index < -0.39 is 0 Å². The zero-order valence-electron chi connectivity index (χ0n) is 11.3. The van der Waals surface area contributed by atoms with Crippen molar-refractivity contribution >= 4 is 29.3 Å². The molecule has 1 atom stereocenters. The van der Waals surface area contributed by atoms with Gasteiger partial charge in [0.25, 0.3) is 5.78 Å². The number of aryl methyl sites for hydroxylation is 1. The second-order valence-electron chi connectivity index (χ2n) is 4.34. The highest BCUT2D eigenvalue weighted by Gasteiger charge is 2.18. The molecule has 3 aromatic heterocycles. The Morgan fingerprint density at radius 2 is 2.38 bits per heavy atom. The van der Waals surface area contributed by atoms with Crippen LogP contribution in [0.3, 0.4) is 0 Å². The number of anilines is 1. The number of rotatable bonds is 4. The molecule has 0 bridgehead atoms. The van der Waals surface area contributed by atoms with Crippen molar-refractivity contribution in [2.24, 2.45) is 0 Å². The van der Waals surface area contributed by atoms with E-state index in [1.54, 1.807) is 42.9 Å². The van der Waals surface area contributed by atoms with Gasteiger partial charge in [0.2, 0.25) is 16.9 Å². The zero-order chi connectivity index (χ0) is 14.8. The molecule has 0 saturated carbocycles. The summed E-state index contributed by atoms with van der Waals surface area (Å²) in [6, 6.07) is 3.42. The highest BCUT2D eigenvalue weighted by Crippen LogP contribution is 2.21. The molecule has 0 aliphatic carbocycles. The Balaban J connectivity index is 1.67. The number of hydrogen-bond donors (Lipinski definition) is 1. The summed E-state index contributed by atoms with van der Waals surface area (Å²) in [7, 11) is 0. The minimum atomic E-state index is -0.382. The smallest absolute Gasteiger partial charge is 0.253 e. The molecule has 1 N–H and O–H groups in total. The van der Waals surface area contributed by atoms with E-state index in [2.05, 4.69) is 25.5 Å². The Labute approximate surface area is 123 Å². The Morgan fingerprint density at radius 3 is 3.10 bits per heavy atom. The largest absolute Gasteiger partial charge is 0.338 e. The molecule has 3 aromatic rings. The molecule has 0 saturated heterocycles. The molecule has 0 spiro atoms. The topological polar surface area (TPSA) is 98.2 Å². The summed E-state index contributed by atoms with van der Waals surface area (Å²) >= 11 is 1.25. The first-order chi connectivity index (χ1) is 10.1. The van der Waals surface area contributed by atoms with Gasteiger partial charge in [-0.05, 0) is 19.9 Å². The molecular formula is C12H12N6O2S. The Morgan fingerprint density at radius 1 is 1.52 bits per heavy atom. The van der Waals surface area contributed by atoms with Crippen LogP contribution in [0.4, 0.5) is 5.88 Å². The van der Waals surface area contributed by atoms with Crippen molar-refractivity contribution in [2.45, 2.75) is 24.3 Å². The maximum absolute atomic E-state index is 12.0. The average molecular weight is 304 g/mol. The SMILES string of the molecule is Cc1cc(NC(=O)[C@@H](C)Sc2nc3ncccn3n2)on1. The first kappa shape index (κ1) is 13.6. The fraction of sp³-hybridized carbons (Fsp3) is 0.250. The van der Waals surface area contributed by atoms with E-state index in [0.29, 0.717) is 22.5 Å². The van der Waals surface area contributed by atoms with Crippen LogP contribution >= 0.6 is 11.8 Å². The molecule has 8 nitrogen and oxygen atoms in total. The normalized spacial score (nSPS) is 12.5. The summed E-state index contributed by atoms with van der Waals surface area (Å²) in [4.78, 5) is 20.4. The van der Waals surface area contributed by atoms with Gasteiger partial charge in [-0.25, -0.2) is 9.50 Å². The lowest BCUT2D eigenvalue weighted by Crippen LogP contribution is -2.22. The standard InChI is InChI=1S/C12H12N6O2S/c1-7-6-9(20-17-7)14-10(19)8(2)21-12-15-11-13-4-3-5-18(11)16-12/h3-6,8H,1-2H3,(H,14,19)/t8-/m1/s1. The molecule has 0 fully saturated rings. The molecule has 0 aromatic carbocycles. The average Bonchev–Trinajstić information content (AvgIpc) is 3.04. The van der Waals surface area contributed by atoms with Crippen LogP contribution in [0.25, 0.3) is 5.78 Å². The van der Waals surface area contributed by atoms with Gasteiger partial charge in [-0.2, -0.15) is 4.98 Å². The number of carbonyl (C=O) groups excluding carboxylic acids is 1. The third-order valence-electron chi connectivity index (χ3n) is 2.62. The van der Waals surface area contributed by atoms with Gasteiger partial charge in [0, 0.05) is 18.5 Å². The van der Waals surface area contributed by atoms with Gasteiger partial charge in [-0.1, -0.05) is 16.9 Å². The third kappa shape index (κ3) is 3.02. The second kappa shape index (κ2) is 5.52. The van der Waals surface area contributed by atoms with E-state index in [4.69, 9.17) is 4.52 Å². The Bertz CT molecular complexity index is 750. The van der Waals surface area contributed by atoms with Crippen molar-refractivity contribution in [3.63, 3.8) is 0 Å². The van der Waals surface area contributed by atoms with Crippen molar-refractivity contribution in [3.05, 3.63) is 30.2 Å². The van der Waals surface area contributed by atoms with Gasteiger partial charge in [0.05, 0.1) is 10.9 Å². The monoisotopic (exact) mass is 304 g/mol. The van der Waals surface area contributed by atoms with E-state index in [9.17, 15) is 4.79 Å². The molecule has 3 heterocycles. The Kier molecular flexibility index (Phi) is 3.57. The number of aromatic nitrogens is 5. The zero-order valence-corrected chi connectivity index (χ0v) is 12.2. The van der Waals surface area contributed by atoms with Crippen molar-refractivity contribution < 1.29 is 9.32 Å². The van der Waals surface area contributed by atoms with Crippen molar-refractivity contribution in [3.8, 4) is 0 Å².